The molecule has 0 bridgehead atoms. The summed E-state index contributed by atoms with van der Waals surface area (Å²) in [5.41, 5.74) is 2.25. The summed E-state index contributed by atoms with van der Waals surface area (Å²) in [7, 11) is 1.64. The van der Waals surface area contributed by atoms with Crippen molar-refractivity contribution in [1.82, 2.24) is 15.2 Å². The van der Waals surface area contributed by atoms with Crippen LogP contribution in [0.15, 0.2) is 42.7 Å². The van der Waals surface area contributed by atoms with Gasteiger partial charge in [-0.1, -0.05) is 31.4 Å². The van der Waals surface area contributed by atoms with E-state index in [1.165, 1.54) is 32.1 Å². The van der Waals surface area contributed by atoms with Crippen LogP contribution in [0.1, 0.15) is 43.2 Å². The molecule has 0 spiro atoms. The van der Waals surface area contributed by atoms with Crippen molar-refractivity contribution in [3.05, 3.63) is 53.9 Å². The van der Waals surface area contributed by atoms with Gasteiger partial charge in [-0.05, 0) is 55.3 Å². The predicted molar refractivity (Wildman–Crippen MR) is 119 cm³/mol. The van der Waals surface area contributed by atoms with E-state index in [4.69, 9.17) is 9.47 Å². The summed E-state index contributed by atoms with van der Waals surface area (Å²) in [6.45, 7) is 4.53. The molecule has 6 nitrogen and oxygen atoms in total. The van der Waals surface area contributed by atoms with Crippen LogP contribution >= 0.6 is 0 Å². The Labute approximate surface area is 180 Å². The molecular weight excluding hydrogens is 378 g/mol. The number of pyridine rings is 1. The Hall–Kier alpha value is -2.15. The van der Waals surface area contributed by atoms with E-state index in [0.29, 0.717) is 24.6 Å². The Kier molecular flexibility index (Phi) is 9.41. The topological polar surface area (TPSA) is 66.8 Å². The van der Waals surface area contributed by atoms with Gasteiger partial charge in [0.2, 0.25) is 0 Å². The Morgan fingerprint density at radius 1 is 1.03 bits per heavy atom. The van der Waals surface area contributed by atoms with E-state index >= 15 is 0 Å². The number of aliphatic hydroxyl groups excluding tert-OH is 1. The summed E-state index contributed by atoms with van der Waals surface area (Å²) >= 11 is 0. The number of β-amino-alcohol motifs (C(OH)–C–C–N with tert-alkyl or cyclic N) is 1. The van der Waals surface area contributed by atoms with Gasteiger partial charge in [0.15, 0.2) is 11.5 Å². The van der Waals surface area contributed by atoms with Crippen LogP contribution in [-0.2, 0) is 13.1 Å². The number of aliphatic hydroxyl groups is 1. The van der Waals surface area contributed by atoms with Gasteiger partial charge in [-0.2, -0.15) is 0 Å². The highest BCUT2D eigenvalue weighted by Crippen LogP contribution is 2.28. The zero-order chi connectivity index (χ0) is 21.0. The molecule has 2 heterocycles. The number of hydrogen-bond acceptors (Lipinski definition) is 6. The first-order valence-electron chi connectivity index (χ1n) is 11.0. The number of hydrogen-bond donors (Lipinski definition) is 2. The summed E-state index contributed by atoms with van der Waals surface area (Å²) < 4.78 is 11.4. The summed E-state index contributed by atoms with van der Waals surface area (Å²) in [6, 6.07) is 9.92. The molecule has 0 amide bonds. The Balaban J connectivity index is 1.49. The molecule has 1 atom stereocenters. The second-order valence-corrected chi connectivity index (χ2v) is 7.98. The Morgan fingerprint density at radius 2 is 1.80 bits per heavy atom. The van der Waals surface area contributed by atoms with Crippen LogP contribution in [0, 0.1) is 0 Å². The van der Waals surface area contributed by atoms with Gasteiger partial charge in [0, 0.05) is 32.0 Å². The smallest absolute Gasteiger partial charge is 0.161 e. The standard InChI is InChI=1S/C24H35N3O3/c1-29-23-10-9-20(15-26-17-21-8-7-11-25-16-21)14-24(23)30-19-22(28)18-27-12-5-3-2-4-6-13-27/h7-11,14,16,22,26,28H,2-6,12-13,15,17-19H2,1H3. The SMILES string of the molecule is COc1ccc(CNCc2cccnc2)cc1OCC(O)CN1CCCCCCC1. The number of nitrogens with zero attached hydrogens (tertiary/aromatic N) is 2. The van der Waals surface area contributed by atoms with Crippen LogP contribution in [0.3, 0.4) is 0 Å². The van der Waals surface area contributed by atoms with Gasteiger partial charge in [-0.25, -0.2) is 0 Å². The normalized spacial score (nSPS) is 16.5. The number of methoxy groups -OCH3 is 1. The molecule has 1 aliphatic rings. The number of nitrogens with one attached hydrogen (secondary N) is 1. The van der Waals surface area contributed by atoms with Crippen LogP contribution in [0.4, 0.5) is 0 Å². The highest BCUT2D eigenvalue weighted by atomic mass is 16.5. The third kappa shape index (κ3) is 7.59. The molecule has 3 rings (SSSR count). The van der Waals surface area contributed by atoms with E-state index < -0.39 is 6.10 Å². The first kappa shape index (κ1) is 22.5. The fraction of sp³-hybridized carbons (Fsp3) is 0.542. The van der Waals surface area contributed by atoms with Crippen molar-refractivity contribution >= 4 is 0 Å². The lowest BCUT2D eigenvalue weighted by Gasteiger charge is -2.26. The van der Waals surface area contributed by atoms with E-state index in [-0.39, 0.29) is 6.61 Å². The Bertz CT molecular complexity index is 734. The van der Waals surface area contributed by atoms with Crippen LogP contribution in [0.5, 0.6) is 11.5 Å². The molecule has 1 saturated heterocycles. The van der Waals surface area contributed by atoms with E-state index in [1.807, 2.05) is 30.5 Å². The monoisotopic (exact) mass is 413 g/mol. The molecule has 1 unspecified atom stereocenters. The molecule has 164 valence electrons. The van der Waals surface area contributed by atoms with Gasteiger partial charge in [-0.15, -0.1) is 0 Å². The zero-order valence-electron chi connectivity index (χ0n) is 18.1. The van der Waals surface area contributed by atoms with Crippen molar-refractivity contribution in [1.29, 1.82) is 0 Å². The van der Waals surface area contributed by atoms with Crippen molar-refractivity contribution in [3.8, 4) is 11.5 Å². The number of ether oxygens (including phenoxy) is 2. The van der Waals surface area contributed by atoms with Crippen LogP contribution < -0.4 is 14.8 Å². The molecule has 1 aromatic carbocycles. The van der Waals surface area contributed by atoms with Gasteiger partial charge in [-0.3, -0.25) is 4.98 Å². The molecule has 2 aromatic rings. The van der Waals surface area contributed by atoms with Gasteiger partial charge in [0.1, 0.15) is 12.7 Å². The minimum Gasteiger partial charge on any atom is -0.493 e. The summed E-state index contributed by atoms with van der Waals surface area (Å²) in [5.74, 6) is 1.36. The number of aromatic nitrogens is 1. The van der Waals surface area contributed by atoms with Crippen LogP contribution in [0.25, 0.3) is 0 Å². The predicted octanol–water partition coefficient (Wildman–Crippen LogP) is 3.39. The molecule has 1 aromatic heterocycles. The van der Waals surface area contributed by atoms with Gasteiger partial charge in [0.25, 0.3) is 0 Å². The lowest BCUT2D eigenvalue weighted by atomic mass is 10.1. The highest BCUT2D eigenvalue weighted by molar-refractivity contribution is 5.43. The van der Waals surface area contributed by atoms with Crippen molar-refractivity contribution < 1.29 is 14.6 Å². The fourth-order valence-corrected chi connectivity index (χ4v) is 3.83. The average Bonchev–Trinajstić information content (AvgIpc) is 2.75. The molecule has 0 radical (unpaired) electrons. The maximum Gasteiger partial charge on any atom is 0.161 e. The fourth-order valence-electron chi connectivity index (χ4n) is 3.83. The van der Waals surface area contributed by atoms with Gasteiger partial charge < -0.3 is 24.8 Å². The van der Waals surface area contributed by atoms with Crippen LogP contribution in [-0.4, -0.2) is 54.4 Å². The van der Waals surface area contributed by atoms with Crippen molar-refractivity contribution in [2.24, 2.45) is 0 Å². The molecule has 1 aliphatic heterocycles. The number of rotatable bonds is 10. The zero-order valence-corrected chi connectivity index (χ0v) is 18.1. The van der Waals surface area contributed by atoms with Crippen molar-refractivity contribution in [2.45, 2.75) is 51.3 Å². The molecule has 6 heteroatoms. The van der Waals surface area contributed by atoms with E-state index in [2.05, 4.69) is 21.3 Å². The second kappa shape index (κ2) is 12.5. The second-order valence-electron chi connectivity index (χ2n) is 7.98. The van der Waals surface area contributed by atoms with Crippen molar-refractivity contribution in [3.63, 3.8) is 0 Å². The molecule has 0 aliphatic carbocycles. The van der Waals surface area contributed by atoms with E-state index in [1.54, 1.807) is 13.3 Å². The molecule has 1 fully saturated rings. The summed E-state index contributed by atoms with van der Waals surface area (Å²) in [5, 5.41) is 13.9. The quantitative estimate of drug-likeness (QED) is 0.622. The highest BCUT2D eigenvalue weighted by Gasteiger charge is 2.15. The Morgan fingerprint density at radius 3 is 2.53 bits per heavy atom. The first-order chi connectivity index (χ1) is 14.7. The largest absolute Gasteiger partial charge is 0.493 e. The molecule has 2 N–H and O–H groups in total. The number of benzene rings is 1. The van der Waals surface area contributed by atoms with E-state index in [9.17, 15) is 5.11 Å². The molecule has 30 heavy (non-hydrogen) atoms. The van der Waals surface area contributed by atoms with Crippen LogP contribution in [0.2, 0.25) is 0 Å². The number of likely N-dealkylation sites (tertiary alicyclic amines) is 1. The first-order valence-corrected chi connectivity index (χ1v) is 11.0. The van der Waals surface area contributed by atoms with Gasteiger partial charge in [0.05, 0.1) is 7.11 Å². The summed E-state index contributed by atoms with van der Waals surface area (Å²) in [6.07, 6.45) is 9.49. The molecule has 0 saturated carbocycles. The van der Waals surface area contributed by atoms with Gasteiger partial charge >= 0.3 is 0 Å². The average molecular weight is 414 g/mol. The maximum atomic E-state index is 10.5. The molecular formula is C24H35N3O3. The third-order valence-corrected chi connectivity index (χ3v) is 5.46. The minimum absolute atomic E-state index is 0.263. The lowest BCUT2D eigenvalue weighted by molar-refractivity contribution is 0.0644. The lowest BCUT2D eigenvalue weighted by Crippen LogP contribution is -2.37. The third-order valence-electron chi connectivity index (χ3n) is 5.46. The summed E-state index contributed by atoms with van der Waals surface area (Å²) in [4.78, 5) is 6.50. The van der Waals surface area contributed by atoms with E-state index in [0.717, 1.165) is 30.8 Å². The minimum atomic E-state index is -0.513. The maximum absolute atomic E-state index is 10.5. The van der Waals surface area contributed by atoms with Crippen molar-refractivity contribution in [2.75, 3.05) is 33.4 Å².